The minimum absolute atomic E-state index is 0.00641. The smallest absolute Gasteiger partial charge is 0.220 e. The molecule has 4 heteroatoms. The number of hydrogen-bond donors (Lipinski definition) is 1. The van der Waals surface area contributed by atoms with Crippen LogP contribution in [0.3, 0.4) is 0 Å². The number of nitrogens with zero attached hydrogens (tertiary/aromatic N) is 1. The Bertz CT molecular complexity index is 502. The molecule has 120 valence electrons. The van der Waals surface area contributed by atoms with Crippen LogP contribution >= 0.6 is 0 Å². The van der Waals surface area contributed by atoms with Crippen LogP contribution in [0.2, 0.25) is 0 Å². The summed E-state index contributed by atoms with van der Waals surface area (Å²) >= 11 is 0. The third-order valence-corrected chi connectivity index (χ3v) is 4.35. The largest absolute Gasteiger partial charge is 0.353 e. The number of benzene rings is 1. The summed E-state index contributed by atoms with van der Waals surface area (Å²) in [5, 5.41) is 3.05. The summed E-state index contributed by atoms with van der Waals surface area (Å²) in [5.74, 6) is 0.0364. The lowest BCUT2D eigenvalue weighted by Gasteiger charge is -2.29. The van der Waals surface area contributed by atoms with Crippen molar-refractivity contribution in [2.24, 2.45) is 0 Å². The first-order valence-electron chi connectivity index (χ1n) is 8.18. The highest BCUT2D eigenvalue weighted by atomic mass is 16.2. The van der Waals surface area contributed by atoms with E-state index < -0.39 is 0 Å². The van der Waals surface area contributed by atoms with Gasteiger partial charge in [-0.3, -0.25) is 9.59 Å². The molecule has 1 N–H and O–H groups in total. The first kappa shape index (κ1) is 16.7. The van der Waals surface area contributed by atoms with Crippen molar-refractivity contribution in [2.45, 2.75) is 45.1 Å². The zero-order valence-electron chi connectivity index (χ0n) is 13.6. The van der Waals surface area contributed by atoms with Gasteiger partial charge in [-0.25, -0.2) is 0 Å². The highest BCUT2D eigenvalue weighted by Gasteiger charge is 2.18. The van der Waals surface area contributed by atoms with E-state index >= 15 is 0 Å². The van der Waals surface area contributed by atoms with Crippen molar-refractivity contribution in [2.75, 3.05) is 20.1 Å². The van der Waals surface area contributed by atoms with Crippen LogP contribution in [0.15, 0.2) is 24.3 Å². The van der Waals surface area contributed by atoms with Gasteiger partial charge in [-0.05, 0) is 45.0 Å². The molecule has 4 nitrogen and oxygen atoms in total. The second-order valence-corrected chi connectivity index (χ2v) is 6.12. The van der Waals surface area contributed by atoms with Crippen LogP contribution < -0.4 is 5.32 Å². The predicted octanol–water partition coefficient (Wildman–Crippen LogP) is 2.42. The molecule has 0 unspecified atom stereocenters. The number of ketones is 1. The molecule has 22 heavy (non-hydrogen) atoms. The Kier molecular flexibility index (Phi) is 6.13. The molecule has 0 radical (unpaired) electrons. The van der Waals surface area contributed by atoms with Crippen molar-refractivity contribution in [3.05, 3.63) is 35.4 Å². The van der Waals surface area contributed by atoms with E-state index in [0.717, 1.165) is 32.4 Å². The minimum Gasteiger partial charge on any atom is -0.353 e. The Morgan fingerprint density at radius 2 is 1.77 bits per heavy atom. The van der Waals surface area contributed by atoms with Crippen LogP contribution in [0.25, 0.3) is 0 Å². The van der Waals surface area contributed by atoms with Gasteiger partial charge in [0.2, 0.25) is 5.91 Å². The summed E-state index contributed by atoms with van der Waals surface area (Å²) < 4.78 is 0. The maximum Gasteiger partial charge on any atom is 0.220 e. The summed E-state index contributed by atoms with van der Waals surface area (Å²) in [6.45, 7) is 4.13. The van der Waals surface area contributed by atoms with Gasteiger partial charge in [0, 0.05) is 24.4 Å². The van der Waals surface area contributed by atoms with Crippen molar-refractivity contribution in [1.29, 1.82) is 0 Å². The van der Waals surface area contributed by atoms with Crippen LogP contribution in [0, 0.1) is 0 Å². The molecular formula is C18H26N2O2. The Morgan fingerprint density at radius 3 is 2.36 bits per heavy atom. The van der Waals surface area contributed by atoms with Crippen molar-refractivity contribution >= 4 is 11.7 Å². The predicted molar refractivity (Wildman–Crippen MR) is 88.0 cm³/mol. The fourth-order valence-corrected chi connectivity index (χ4v) is 2.75. The lowest BCUT2D eigenvalue weighted by atomic mass is 10.0. The highest BCUT2D eigenvalue weighted by Crippen LogP contribution is 2.11. The van der Waals surface area contributed by atoms with E-state index in [1.807, 2.05) is 24.3 Å². The van der Waals surface area contributed by atoms with Crippen LogP contribution in [0.1, 0.15) is 48.5 Å². The molecule has 1 amide bonds. The summed E-state index contributed by atoms with van der Waals surface area (Å²) in [6.07, 6.45) is 3.52. The maximum absolute atomic E-state index is 12.1. The third-order valence-electron chi connectivity index (χ3n) is 4.35. The van der Waals surface area contributed by atoms with Crippen LogP contribution in [-0.2, 0) is 11.2 Å². The molecule has 1 aliphatic heterocycles. The molecule has 0 aromatic heterocycles. The number of carbonyl (C=O) groups is 2. The lowest BCUT2D eigenvalue weighted by molar-refractivity contribution is -0.122. The lowest BCUT2D eigenvalue weighted by Crippen LogP contribution is -2.43. The Morgan fingerprint density at radius 1 is 1.14 bits per heavy atom. The van der Waals surface area contributed by atoms with Crippen molar-refractivity contribution in [3.8, 4) is 0 Å². The number of piperidine rings is 1. The average molecular weight is 302 g/mol. The van der Waals surface area contributed by atoms with Crippen molar-refractivity contribution in [1.82, 2.24) is 10.2 Å². The van der Waals surface area contributed by atoms with Gasteiger partial charge >= 0.3 is 0 Å². The van der Waals surface area contributed by atoms with Gasteiger partial charge in [0.1, 0.15) is 0 Å². The summed E-state index contributed by atoms with van der Waals surface area (Å²) in [5.41, 5.74) is 1.92. The number of carbonyl (C=O) groups excluding carboxylic acids is 2. The number of aryl methyl sites for hydroxylation is 1. The first-order chi connectivity index (χ1) is 10.6. The van der Waals surface area contributed by atoms with E-state index in [4.69, 9.17) is 0 Å². The van der Waals surface area contributed by atoms with E-state index in [-0.39, 0.29) is 30.6 Å². The van der Waals surface area contributed by atoms with Crippen LogP contribution in [0.4, 0.5) is 0 Å². The average Bonchev–Trinajstić information content (AvgIpc) is 2.55. The Balaban J connectivity index is 1.74. The fraction of sp³-hybridized carbons (Fsp3) is 0.556. The topological polar surface area (TPSA) is 49.4 Å². The van der Waals surface area contributed by atoms with Gasteiger partial charge in [-0.2, -0.15) is 0 Å². The van der Waals surface area contributed by atoms with Crippen LogP contribution in [0.5, 0.6) is 0 Å². The molecule has 0 saturated carbocycles. The fourth-order valence-electron chi connectivity index (χ4n) is 2.75. The summed E-state index contributed by atoms with van der Waals surface area (Å²) in [7, 11) is 2.10. The molecule has 0 spiro atoms. The van der Waals surface area contributed by atoms with Gasteiger partial charge in [0.25, 0.3) is 0 Å². The van der Waals surface area contributed by atoms with E-state index in [2.05, 4.69) is 24.2 Å². The van der Waals surface area contributed by atoms with E-state index in [9.17, 15) is 9.59 Å². The number of likely N-dealkylation sites (tertiary alicyclic amines) is 1. The quantitative estimate of drug-likeness (QED) is 0.821. The third kappa shape index (κ3) is 4.95. The second kappa shape index (κ2) is 8.08. The maximum atomic E-state index is 12.1. The number of Topliss-reactive ketones (excluding diaryl/α,β-unsaturated/α-hetero) is 1. The van der Waals surface area contributed by atoms with Gasteiger partial charge < -0.3 is 10.2 Å². The van der Waals surface area contributed by atoms with Gasteiger partial charge in [-0.15, -0.1) is 0 Å². The van der Waals surface area contributed by atoms with E-state index in [0.29, 0.717) is 5.56 Å². The molecule has 0 bridgehead atoms. The zero-order chi connectivity index (χ0) is 15.9. The zero-order valence-corrected chi connectivity index (χ0v) is 13.6. The normalized spacial score (nSPS) is 16.5. The summed E-state index contributed by atoms with van der Waals surface area (Å²) in [4.78, 5) is 26.3. The molecule has 1 aromatic carbocycles. The molecule has 0 atom stereocenters. The van der Waals surface area contributed by atoms with Gasteiger partial charge in [0.05, 0.1) is 0 Å². The van der Waals surface area contributed by atoms with Crippen molar-refractivity contribution in [3.63, 3.8) is 0 Å². The van der Waals surface area contributed by atoms with Gasteiger partial charge in [0.15, 0.2) is 5.78 Å². The van der Waals surface area contributed by atoms with E-state index in [1.165, 1.54) is 5.56 Å². The molecule has 1 aromatic rings. The number of amides is 1. The van der Waals surface area contributed by atoms with Gasteiger partial charge in [-0.1, -0.05) is 31.2 Å². The Labute approximate surface area is 132 Å². The molecule has 0 aliphatic carbocycles. The monoisotopic (exact) mass is 302 g/mol. The number of nitrogens with one attached hydrogen (secondary N) is 1. The molecular weight excluding hydrogens is 276 g/mol. The van der Waals surface area contributed by atoms with E-state index in [1.54, 1.807) is 0 Å². The molecule has 1 heterocycles. The Hall–Kier alpha value is -1.68. The second-order valence-electron chi connectivity index (χ2n) is 6.12. The standard InChI is InChI=1S/C18H26N2O2/c1-3-14-4-6-15(7-5-14)17(21)8-9-18(22)19-16-10-12-20(2)13-11-16/h4-7,16H,3,8-13H2,1-2H3,(H,19,22). The first-order valence-corrected chi connectivity index (χ1v) is 8.18. The molecule has 1 aliphatic rings. The van der Waals surface area contributed by atoms with Crippen molar-refractivity contribution < 1.29 is 9.59 Å². The molecule has 1 saturated heterocycles. The summed E-state index contributed by atoms with van der Waals surface area (Å²) in [6, 6.07) is 7.94. The minimum atomic E-state index is -0.00641. The number of hydrogen-bond acceptors (Lipinski definition) is 3. The number of rotatable bonds is 6. The highest BCUT2D eigenvalue weighted by molar-refractivity contribution is 5.98. The molecule has 2 rings (SSSR count). The molecule has 1 fully saturated rings. The SMILES string of the molecule is CCc1ccc(C(=O)CCC(=O)NC2CCN(C)CC2)cc1. The van der Waals surface area contributed by atoms with Crippen LogP contribution in [-0.4, -0.2) is 42.8 Å².